The van der Waals surface area contributed by atoms with Gasteiger partial charge in [-0.3, -0.25) is 0 Å². The Kier molecular flexibility index (Phi) is 4.73. The fourth-order valence-corrected chi connectivity index (χ4v) is 2.70. The van der Waals surface area contributed by atoms with Gasteiger partial charge in [-0.1, -0.05) is 22.0 Å². The molecule has 7 heteroatoms. The van der Waals surface area contributed by atoms with Crippen molar-refractivity contribution in [1.82, 2.24) is 14.9 Å². The van der Waals surface area contributed by atoms with Gasteiger partial charge in [-0.15, -0.1) is 0 Å². The lowest BCUT2D eigenvalue weighted by atomic mass is 10.0. The molecule has 2 aromatic rings. The van der Waals surface area contributed by atoms with E-state index in [0.717, 1.165) is 6.07 Å². The molecule has 2 rings (SSSR count). The van der Waals surface area contributed by atoms with Crippen LogP contribution in [0.1, 0.15) is 29.9 Å². The molecule has 0 aliphatic carbocycles. The summed E-state index contributed by atoms with van der Waals surface area (Å²) in [6.07, 6.45) is -0.941. The summed E-state index contributed by atoms with van der Waals surface area (Å²) >= 11 is 2.95. The number of rotatable bonds is 4. The monoisotopic (exact) mass is 361 g/mol. The first-order valence-corrected chi connectivity index (χ1v) is 7.22. The van der Waals surface area contributed by atoms with Crippen LogP contribution in [0.3, 0.4) is 0 Å². The topological polar surface area (TPSA) is 29.9 Å². The minimum Gasteiger partial charge on any atom is -0.334 e. The normalized spacial score (nSPS) is 13.4. The quantitative estimate of drug-likeness (QED) is 0.891. The van der Waals surface area contributed by atoms with E-state index in [1.807, 2.05) is 17.7 Å². The van der Waals surface area contributed by atoms with Gasteiger partial charge in [0.1, 0.15) is 5.82 Å². The van der Waals surface area contributed by atoms with Crippen LogP contribution in [0.15, 0.2) is 35.1 Å². The molecule has 0 saturated heterocycles. The van der Waals surface area contributed by atoms with Gasteiger partial charge in [0.15, 0.2) is 0 Å². The van der Waals surface area contributed by atoms with E-state index in [0.29, 0.717) is 17.9 Å². The third-order valence-corrected chi connectivity index (χ3v) is 3.96. The first-order valence-electron chi connectivity index (χ1n) is 6.43. The van der Waals surface area contributed by atoms with Crippen molar-refractivity contribution in [2.24, 2.45) is 0 Å². The van der Waals surface area contributed by atoms with E-state index in [9.17, 15) is 13.2 Å². The smallest absolute Gasteiger partial charge is 0.334 e. The van der Waals surface area contributed by atoms with Crippen molar-refractivity contribution in [3.05, 3.63) is 52.0 Å². The van der Waals surface area contributed by atoms with E-state index in [4.69, 9.17) is 0 Å². The van der Waals surface area contributed by atoms with Gasteiger partial charge in [0.2, 0.25) is 0 Å². The predicted octanol–water partition coefficient (Wildman–Crippen LogP) is 3.99. The van der Waals surface area contributed by atoms with Gasteiger partial charge >= 0.3 is 6.18 Å². The summed E-state index contributed by atoms with van der Waals surface area (Å²) in [7, 11) is 1.70. The minimum atomic E-state index is -4.40. The van der Waals surface area contributed by atoms with Gasteiger partial charge in [0.05, 0.1) is 11.6 Å². The van der Waals surface area contributed by atoms with Crippen molar-refractivity contribution in [3.8, 4) is 0 Å². The SMILES string of the molecule is CCn1ccnc1C(NC)c1ccc(Br)c(C(F)(F)F)c1. The second kappa shape index (κ2) is 6.19. The van der Waals surface area contributed by atoms with Crippen LogP contribution >= 0.6 is 15.9 Å². The second-order valence-corrected chi connectivity index (χ2v) is 5.38. The zero-order valence-electron chi connectivity index (χ0n) is 11.6. The third kappa shape index (κ3) is 3.29. The molecule has 0 amide bonds. The van der Waals surface area contributed by atoms with Crippen molar-refractivity contribution in [2.45, 2.75) is 25.7 Å². The Labute approximate surface area is 129 Å². The number of benzene rings is 1. The van der Waals surface area contributed by atoms with E-state index < -0.39 is 17.8 Å². The van der Waals surface area contributed by atoms with Gasteiger partial charge in [0, 0.05) is 23.4 Å². The number of nitrogens with one attached hydrogen (secondary N) is 1. The lowest BCUT2D eigenvalue weighted by Crippen LogP contribution is -2.22. The number of imidazole rings is 1. The first kappa shape index (κ1) is 16.0. The number of alkyl halides is 3. The van der Waals surface area contributed by atoms with Gasteiger partial charge in [-0.05, 0) is 31.7 Å². The summed E-state index contributed by atoms with van der Waals surface area (Å²) in [5.41, 5.74) is -0.163. The van der Waals surface area contributed by atoms with Crippen LogP contribution in [0.25, 0.3) is 0 Å². The number of nitrogens with zero attached hydrogens (tertiary/aromatic N) is 2. The van der Waals surface area contributed by atoms with E-state index >= 15 is 0 Å². The lowest BCUT2D eigenvalue weighted by Gasteiger charge is -2.19. The Morgan fingerprint density at radius 2 is 2.10 bits per heavy atom. The van der Waals surface area contributed by atoms with Crippen molar-refractivity contribution < 1.29 is 13.2 Å². The zero-order chi connectivity index (χ0) is 15.6. The van der Waals surface area contributed by atoms with Crippen LogP contribution in [0.5, 0.6) is 0 Å². The Balaban J connectivity index is 2.49. The summed E-state index contributed by atoms with van der Waals surface area (Å²) in [6.45, 7) is 2.66. The van der Waals surface area contributed by atoms with E-state index in [2.05, 4.69) is 26.2 Å². The molecule has 0 fully saturated rings. The molecule has 0 bridgehead atoms. The molecule has 0 saturated carbocycles. The van der Waals surface area contributed by atoms with E-state index in [1.54, 1.807) is 19.3 Å². The molecule has 1 unspecified atom stereocenters. The van der Waals surface area contributed by atoms with Crippen LogP contribution in [-0.4, -0.2) is 16.6 Å². The summed E-state index contributed by atoms with van der Waals surface area (Å²) in [6, 6.07) is 3.84. The molecule has 0 aliphatic rings. The van der Waals surface area contributed by atoms with Crippen molar-refractivity contribution in [1.29, 1.82) is 0 Å². The van der Waals surface area contributed by atoms with Gasteiger partial charge in [-0.2, -0.15) is 13.2 Å². The molecule has 1 N–H and O–H groups in total. The molecule has 1 aromatic heterocycles. The zero-order valence-corrected chi connectivity index (χ0v) is 13.2. The second-order valence-electron chi connectivity index (χ2n) is 4.53. The summed E-state index contributed by atoms with van der Waals surface area (Å²) in [4.78, 5) is 4.26. The van der Waals surface area contributed by atoms with Crippen LogP contribution in [0, 0.1) is 0 Å². The van der Waals surface area contributed by atoms with Crippen molar-refractivity contribution in [3.63, 3.8) is 0 Å². The molecule has 21 heavy (non-hydrogen) atoms. The Bertz CT molecular complexity index is 622. The fourth-order valence-electron chi connectivity index (χ4n) is 2.23. The van der Waals surface area contributed by atoms with Crippen molar-refractivity contribution in [2.75, 3.05) is 7.05 Å². The Morgan fingerprint density at radius 1 is 1.38 bits per heavy atom. The maximum absolute atomic E-state index is 13.0. The van der Waals surface area contributed by atoms with Crippen LogP contribution in [0.2, 0.25) is 0 Å². The first-order chi connectivity index (χ1) is 9.88. The van der Waals surface area contributed by atoms with E-state index in [1.165, 1.54) is 6.07 Å². The number of aromatic nitrogens is 2. The van der Waals surface area contributed by atoms with E-state index in [-0.39, 0.29) is 4.47 Å². The van der Waals surface area contributed by atoms with Crippen molar-refractivity contribution >= 4 is 15.9 Å². The molecular formula is C14H15BrF3N3. The summed E-state index contributed by atoms with van der Waals surface area (Å²) in [5, 5.41) is 3.03. The fraction of sp³-hybridized carbons (Fsp3) is 0.357. The molecular weight excluding hydrogens is 347 g/mol. The van der Waals surface area contributed by atoms with Gasteiger partial charge in [-0.25, -0.2) is 4.98 Å². The molecule has 3 nitrogen and oxygen atoms in total. The van der Waals surface area contributed by atoms with Crippen LogP contribution in [-0.2, 0) is 12.7 Å². The molecule has 1 heterocycles. The van der Waals surface area contributed by atoms with Gasteiger partial charge in [0.25, 0.3) is 0 Å². The van der Waals surface area contributed by atoms with Crippen LogP contribution in [0.4, 0.5) is 13.2 Å². The minimum absolute atomic E-state index is 0.0347. The standard InChI is InChI=1S/C14H15BrF3N3/c1-3-21-7-6-20-13(21)12(19-2)9-4-5-11(15)10(8-9)14(16,17)18/h4-8,12,19H,3H2,1-2H3. The molecule has 1 aromatic carbocycles. The largest absolute Gasteiger partial charge is 0.417 e. The molecule has 114 valence electrons. The predicted molar refractivity (Wildman–Crippen MR) is 77.9 cm³/mol. The van der Waals surface area contributed by atoms with Crippen LogP contribution < -0.4 is 5.32 Å². The molecule has 0 radical (unpaired) electrons. The summed E-state index contributed by atoms with van der Waals surface area (Å²) in [5.74, 6) is 0.690. The average Bonchev–Trinajstić information content (AvgIpc) is 2.88. The highest BCUT2D eigenvalue weighted by molar-refractivity contribution is 9.10. The number of aryl methyl sites for hydroxylation is 1. The van der Waals surface area contributed by atoms with Gasteiger partial charge < -0.3 is 9.88 Å². The highest BCUT2D eigenvalue weighted by atomic mass is 79.9. The molecule has 0 aliphatic heterocycles. The Morgan fingerprint density at radius 3 is 2.67 bits per heavy atom. The summed E-state index contributed by atoms with van der Waals surface area (Å²) < 4.78 is 41.0. The molecule has 1 atom stereocenters. The Hall–Kier alpha value is -1.34. The maximum atomic E-state index is 13.0. The average molecular weight is 362 g/mol. The lowest BCUT2D eigenvalue weighted by molar-refractivity contribution is -0.138. The number of halogens is 4. The highest BCUT2D eigenvalue weighted by Gasteiger charge is 2.34. The number of hydrogen-bond donors (Lipinski definition) is 1. The maximum Gasteiger partial charge on any atom is 0.417 e. The number of hydrogen-bond acceptors (Lipinski definition) is 2. The third-order valence-electron chi connectivity index (χ3n) is 3.26. The molecule has 0 spiro atoms. The highest BCUT2D eigenvalue weighted by Crippen LogP contribution is 2.36.